The summed E-state index contributed by atoms with van der Waals surface area (Å²) in [6, 6.07) is 6.70. The normalized spacial score (nSPS) is 31.5. The van der Waals surface area contributed by atoms with Crippen molar-refractivity contribution in [2.24, 2.45) is 17.8 Å². The van der Waals surface area contributed by atoms with E-state index in [0.717, 1.165) is 18.4 Å². The zero-order chi connectivity index (χ0) is 14.1. The van der Waals surface area contributed by atoms with E-state index in [1.807, 2.05) is 0 Å². The van der Waals surface area contributed by atoms with Gasteiger partial charge < -0.3 is 10.1 Å². The minimum absolute atomic E-state index is 0.0146. The second kappa shape index (κ2) is 5.52. The molecule has 2 saturated carbocycles. The summed E-state index contributed by atoms with van der Waals surface area (Å²) in [5, 5.41) is 3.49. The highest BCUT2D eigenvalue weighted by molar-refractivity contribution is 5.74. The Bertz CT molecular complexity index is 488. The number of methoxy groups -OCH3 is 1. The molecule has 1 aromatic carbocycles. The molecule has 2 aliphatic carbocycles. The van der Waals surface area contributed by atoms with Crippen LogP contribution in [0.15, 0.2) is 24.3 Å². The van der Waals surface area contributed by atoms with Gasteiger partial charge in [0.2, 0.25) is 0 Å². The molecule has 0 heterocycles. The van der Waals surface area contributed by atoms with Gasteiger partial charge in [0.25, 0.3) is 0 Å². The predicted molar refractivity (Wildman–Crippen MR) is 73.4 cm³/mol. The molecule has 1 aromatic rings. The third kappa shape index (κ3) is 2.44. The third-order valence-corrected chi connectivity index (χ3v) is 4.84. The van der Waals surface area contributed by atoms with Crippen molar-refractivity contribution < 1.29 is 13.9 Å². The molecule has 2 aliphatic rings. The number of carbonyl (C=O) groups is 1. The first-order valence-electron chi connectivity index (χ1n) is 7.24. The molecular weight excluding hydrogens is 257 g/mol. The smallest absolute Gasteiger partial charge is 0.310 e. The molecule has 4 heteroatoms. The minimum atomic E-state index is -0.221. The van der Waals surface area contributed by atoms with E-state index in [9.17, 15) is 9.18 Å². The van der Waals surface area contributed by atoms with Crippen molar-refractivity contribution in [1.82, 2.24) is 5.32 Å². The van der Waals surface area contributed by atoms with Crippen molar-refractivity contribution in [3.05, 3.63) is 35.6 Å². The molecule has 0 aliphatic heterocycles. The van der Waals surface area contributed by atoms with E-state index in [0.29, 0.717) is 18.4 Å². The number of rotatable bonds is 4. The molecular formula is C16H20FNO2. The van der Waals surface area contributed by atoms with Crippen molar-refractivity contribution in [2.45, 2.75) is 31.8 Å². The van der Waals surface area contributed by atoms with Crippen molar-refractivity contribution in [3.63, 3.8) is 0 Å². The first-order chi connectivity index (χ1) is 9.69. The Morgan fingerprint density at radius 3 is 2.70 bits per heavy atom. The summed E-state index contributed by atoms with van der Waals surface area (Å²) in [6.07, 6.45) is 3.46. The van der Waals surface area contributed by atoms with Gasteiger partial charge in [-0.2, -0.15) is 0 Å². The molecule has 0 spiro atoms. The van der Waals surface area contributed by atoms with Crippen LogP contribution in [0.2, 0.25) is 0 Å². The monoisotopic (exact) mass is 277 g/mol. The van der Waals surface area contributed by atoms with Crippen LogP contribution in [-0.2, 0) is 16.1 Å². The maximum atomic E-state index is 12.9. The first kappa shape index (κ1) is 13.6. The van der Waals surface area contributed by atoms with E-state index in [-0.39, 0.29) is 23.7 Å². The number of benzene rings is 1. The van der Waals surface area contributed by atoms with Gasteiger partial charge in [-0.25, -0.2) is 4.39 Å². The second-order valence-electron chi connectivity index (χ2n) is 5.92. The maximum absolute atomic E-state index is 12.9. The average Bonchev–Trinajstić information content (AvgIpc) is 3.06. The highest BCUT2D eigenvalue weighted by atomic mass is 19.1. The minimum Gasteiger partial charge on any atom is -0.469 e. The van der Waals surface area contributed by atoms with Crippen LogP contribution in [0.4, 0.5) is 4.39 Å². The number of carbonyl (C=O) groups excluding carboxylic acids is 1. The molecule has 4 atom stereocenters. The van der Waals surface area contributed by atoms with Crippen molar-refractivity contribution in [2.75, 3.05) is 7.11 Å². The zero-order valence-corrected chi connectivity index (χ0v) is 11.6. The standard InChI is InChI=1S/C16H20FNO2/c1-20-16(19)14-11-4-5-12(8-11)15(14)18-9-10-2-6-13(17)7-3-10/h2-3,6-7,11-12,14-15,18H,4-5,8-9H2,1H3/t11?,12-,14-,15+/m1/s1. The second-order valence-corrected chi connectivity index (χ2v) is 5.92. The lowest BCUT2D eigenvalue weighted by molar-refractivity contribution is -0.148. The van der Waals surface area contributed by atoms with E-state index in [4.69, 9.17) is 4.74 Å². The number of esters is 1. The molecule has 0 saturated heterocycles. The number of hydrogen-bond donors (Lipinski definition) is 1. The van der Waals surface area contributed by atoms with E-state index < -0.39 is 0 Å². The molecule has 1 N–H and O–H groups in total. The summed E-state index contributed by atoms with van der Waals surface area (Å²) in [5.41, 5.74) is 1.04. The molecule has 1 unspecified atom stereocenters. The van der Waals surface area contributed by atoms with Gasteiger partial charge in [-0.05, 0) is 48.8 Å². The summed E-state index contributed by atoms with van der Waals surface area (Å²) < 4.78 is 17.8. The van der Waals surface area contributed by atoms with Crippen LogP contribution in [0.5, 0.6) is 0 Å². The van der Waals surface area contributed by atoms with Crippen LogP contribution in [0.3, 0.4) is 0 Å². The summed E-state index contributed by atoms with van der Waals surface area (Å²) >= 11 is 0. The van der Waals surface area contributed by atoms with Gasteiger partial charge in [0.15, 0.2) is 0 Å². The van der Waals surface area contributed by atoms with Crippen LogP contribution >= 0.6 is 0 Å². The summed E-state index contributed by atoms with van der Waals surface area (Å²) in [4.78, 5) is 12.0. The lowest BCUT2D eigenvalue weighted by Crippen LogP contribution is -2.44. The summed E-state index contributed by atoms with van der Waals surface area (Å²) in [6.45, 7) is 0.668. The number of nitrogens with one attached hydrogen (secondary N) is 1. The predicted octanol–water partition coefficient (Wildman–Crippen LogP) is 2.50. The Hall–Kier alpha value is -1.42. The van der Waals surface area contributed by atoms with Gasteiger partial charge in [-0.1, -0.05) is 12.1 Å². The van der Waals surface area contributed by atoms with Crippen LogP contribution in [0.1, 0.15) is 24.8 Å². The number of ether oxygens (including phenoxy) is 1. The fourth-order valence-electron chi connectivity index (χ4n) is 3.90. The van der Waals surface area contributed by atoms with Crippen molar-refractivity contribution in [3.8, 4) is 0 Å². The lowest BCUT2D eigenvalue weighted by atomic mass is 9.84. The highest BCUT2D eigenvalue weighted by Crippen LogP contribution is 2.48. The molecule has 20 heavy (non-hydrogen) atoms. The van der Waals surface area contributed by atoms with Crippen molar-refractivity contribution >= 4 is 5.97 Å². The Balaban J connectivity index is 1.66. The Morgan fingerprint density at radius 1 is 1.30 bits per heavy atom. The molecule has 108 valence electrons. The van der Waals surface area contributed by atoms with Crippen LogP contribution in [0.25, 0.3) is 0 Å². The van der Waals surface area contributed by atoms with E-state index in [2.05, 4.69) is 5.32 Å². The largest absolute Gasteiger partial charge is 0.469 e. The Labute approximate surface area is 118 Å². The summed E-state index contributed by atoms with van der Waals surface area (Å²) in [5.74, 6) is 0.719. The topological polar surface area (TPSA) is 38.3 Å². The fourth-order valence-corrected chi connectivity index (χ4v) is 3.90. The number of hydrogen-bond acceptors (Lipinski definition) is 3. The molecule has 3 rings (SSSR count). The molecule has 0 aromatic heterocycles. The SMILES string of the molecule is COC(=O)[C@@H]1C2CC[C@H](C2)[C@@H]1NCc1ccc(F)cc1. The maximum Gasteiger partial charge on any atom is 0.310 e. The van der Waals surface area contributed by atoms with Crippen molar-refractivity contribution in [1.29, 1.82) is 0 Å². The van der Waals surface area contributed by atoms with Crippen LogP contribution in [-0.4, -0.2) is 19.1 Å². The van der Waals surface area contributed by atoms with E-state index in [1.165, 1.54) is 25.7 Å². The summed E-state index contributed by atoms with van der Waals surface area (Å²) in [7, 11) is 1.46. The quantitative estimate of drug-likeness (QED) is 0.859. The average molecular weight is 277 g/mol. The number of fused-ring (bicyclic) bond motifs is 2. The molecule has 0 amide bonds. The van der Waals surface area contributed by atoms with Gasteiger partial charge in [-0.3, -0.25) is 4.79 Å². The number of halogens is 1. The first-order valence-corrected chi connectivity index (χ1v) is 7.24. The third-order valence-electron chi connectivity index (χ3n) is 4.84. The van der Waals surface area contributed by atoms with Gasteiger partial charge in [0.05, 0.1) is 13.0 Å². The van der Waals surface area contributed by atoms with Crippen LogP contribution in [0, 0.1) is 23.6 Å². The molecule has 3 nitrogen and oxygen atoms in total. The molecule has 2 fully saturated rings. The highest BCUT2D eigenvalue weighted by Gasteiger charge is 2.51. The van der Waals surface area contributed by atoms with Gasteiger partial charge in [0, 0.05) is 12.6 Å². The van der Waals surface area contributed by atoms with E-state index in [1.54, 1.807) is 12.1 Å². The van der Waals surface area contributed by atoms with Gasteiger partial charge in [0.1, 0.15) is 5.82 Å². The Morgan fingerprint density at radius 2 is 2.00 bits per heavy atom. The fraction of sp³-hybridized carbons (Fsp3) is 0.562. The molecule has 0 radical (unpaired) electrons. The van der Waals surface area contributed by atoms with E-state index >= 15 is 0 Å². The zero-order valence-electron chi connectivity index (χ0n) is 11.6. The van der Waals surface area contributed by atoms with Gasteiger partial charge >= 0.3 is 5.97 Å². The lowest BCUT2D eigenvalue weighted by Gasteiger charge is -2.30. The van der Waals surface area contributed by atoms with Crippen LogP contribution < -0.4 is 5.32 Å². The van der Waals surface area contributed by atoms with Gasteiger partial charge in [-0.15, -0.1) is 0 Å². The molecule has 2 bridgehead atoms. The Kier molecular flexibility index (Phi) is 3.74.